The lowest BCUT2D eigenvalue weighted by molar-refractivity contribution is -0.384. The van der Waals surface area contributed by atoms with Crippen LogP contribution in [0.25, 0.3) is 17.5 Å². The number of carbonyl (C=O) groups is 1. The summed E-state index contributed by atoms with van der Waals surface area (Å²) in [5.74, 6) is 0.326. The number of nitro benzene ring substituents is 1. The van der Waals surface area contributed by atoms with Crippen LogP contribution in [0.5, 0.6) is 5.75 Å². The van der Waals surface area contributed by atoms with Gasteiger partial charge in [-0.05, 0) is 31.2 Å². The maximum Gasteiger partial charge on any atom is 0.331 e. The summed E-state index contributed by atoms with van der Waals surface area (Å²) in [6.07, 6.45) is 2.09. The Labute approximate surface area is 165 Å². The number of methoxy groups -OCH3 is 1. The van der Waals surface area contributed by atoms with Crippen LogP contribution in [0.4, 0.5) is 5.69 Å². The Balaban J connectivity index is 1.65. The molecule has 0 saturated carbocycles. The van der Waals surface area contributed by atoms with Crippen LogP contribution in [0.1, 0.15) is 24.5 Å². The highest BCUT2D eigenvalue weighted by atomic mass is 16.6. The molecule has 3 rings (SSSR count). The van der Waals surface area contributed by atoms with Gasteiger partial charge in [0.25, 0.3) is 11.6 Å². The van der Waals surface area contributed by atoms with Gasteiger partial charge in [0.15, 0.2) is 6.10 Å². The summed E-state index contributed by atoms with van der Waals surface area (Å²) in [5.41, 5.74) is 1.21. The number of para-hydroxylation sites is 1. The van der Waals surface area contributed by atoms with E-state index in [0.717, 1.165) is 5.56 Å². The minimum atomic E-state index is -0.774. The van der Waals surface area contributed by atoms with E-state index in [2.05, 4.69) is 10.2 Å². The predicted molar refractivity (Wildman–Crippen MR) is 103 cm³/mol. The van der Waals surface area contributed by atoms with Crippen LogP contribution in [-0.4, -0.2) is 28.2 Å². The molecule has 0 fully saturated rings. The Bertz CT molecular complexity index is 1040. The van der Waals surface area contributed by atoms with E-state index in [1.165, 1.54) is 30.3 Å². The molecule has 0 spiro atoms. The summed E-state index contributed by atoms with van der Waals surface area (Å²) in [4.78, 5) is 22.3. The largest absolute Gasteiger partial charge is 0.496 e. The second kappa shape index (κ2) is 8.79. The lowest BCUT2D eigenvalue weighted by Crippen LogP contribution is -2.06. The SMILES string of the molecule is COc1ccccc1/C=C/C(=O)O[C@@H](C)c1nnc(-c2ccc([N+](=O)[O-])cc2)o1. The zero-order chi connectivity index (χ0) is 20.8. The van der Waals surface area contributed by atoms with Crippen LogP contribution in [-0.2, 0) is 9.53 Å². The normalized spacial score (nSPS) is 11.9. The zero-order valence-corrected chi connectivity index (χ0v) is 15.6. The van der Waals surface area contributed by atoms with Gasteiger partial charge in [-0.15, -0.1) is 10.2 Å². The minimum absolute atomic E-state index is 0.0439. The average Bonchev–Trinajstić information content (AvgIpc) is 3.23. The fourth-order valence-corrected chi connectivity index (χ4v) is 2.47. The van der Waals surface area contributed by atoms with Gasteiger partial charge in [0.05, 0.1) is 12.0 Å². The van der Waals surface area contributed by atoms with Crippen molar-refractivity contribution < 1.29 is 23.6 Å². The van der Waals surface area contributed by atoms with Crippen LogP contribution in [0.3, 0.4) is 0 Å². The third-order valence-corrected chi connectivity index (χ3v) is 3.94. The van der Waals surface area contributed by atoms with Crippen molar-refractivity contribution in [2.75, 3.05) is 7.11 Å². The smallest absolute Gasteiger partial charge is 0.331 e. The molecule has 1 heterocycles. The van der Waals surface area contributed by atoms with E-state index >= 15 is 0 Å². The monoisotopic (exact) mass is 395 g/mol. The molecule has 9 heteroatoms. The summed E-state index contributed by atoms with van der Waals surface area (Å²) < 4.78 is 16.0. The van der Waals surface area contributed by atoms with Gasteiger partial charge in [-0.25, -0.2) is 4.79 Å². The number of rotatable bonds is 7. The molecule has 1 aromatic heterocycles. The highest BCUT2D eigenvalue weighted by Gasteiger charge is 2.18. The standard InChI is InChI=1S/C20H17N3O6/c1-13(28-18(24)12-9-14-5-3-4-6-17(14)27-2)19-21-22-20(29-19)15-7-10-16(11-8-15)23(25)26/h3-13H,1-2H3/b12-9+/t13-/m0/s1. The summed E-state index contributed by atoms with van der Waals surface area (Å²) in [6.45, 7) is 1.60. The molecule has 9 nitrogen and oxygen atoms in total. The lowest BCUT2D eigenvalue weighted by Gasteiger charge is -2.07. The van der Waals surface area contributed by atoms with Crippen molar-refractivity contribution in [3.8, 4) is 17.2 Å². The number of aromatic nitrogens is 2. The van der Waals surface area contributed by atoms with Gasteiger partial charge in [-0.3, -0.25) is 10.1 Å². The summed E-state index contributed by atoms with van der Waals surface area (Å²) in [7, 11) is 1.55. The zero-order valence-electron chi connectivity index (χ0n) is 15.6. The topological polar surface area (TPSA) is 118 Å². The van der Waals surface area contributed by atoms with E-state index in [1.54, 1.807) is 32.2 Å². The summed E-state index contributed by atoms with van der Waals surface area (Å²) in [5, 5.41) is 18.5. The average molecular weight is 395 g/mol. The third-order valence-electron chi connectivity index (χ3n) is 3.94. The van der Waals surface area contributed by atoms with Crippen molar-refractivity contribution >= 4 is 17.7 Å². The highest BCUT2D eigenvalue weighted by molar-refractivity contribution is 5.87. The third kappa shape index (κ3) is 4.83. The van der Waals surface area contributed by atoms with Crippen molar-refractivity contribution in [1.82, 2.24) is 10.2 Å². The van der Waals surface area contributed by atoms with Gasteiger partial charge in [-0.2, -0.15) is 0 Å². The Kier molecular flexibility index (Phi) is 5.98. The van der Waals surface area contributed by atoms with Crippen LogP contribution in [0.15, 0.2) is 59.0 Å². The second-order valence-electron chi connectivity index (χ2n) is 5.90. The van der Waals surface area contributed by atoms with Crippen LogP contribution >= 0.6 is 0 Å². The van der Waals surface area contributed by atoms with Crippen molar-refractivity contribution in [3.05, 3.63) is 76.2 Å². The molecule has 29 heavy (non-hydrogen) atoms. The predicted octanol–water partition coefficient (Wildman–Crippen LogP) is 3.97. The molecule has 2 aromatic carbocycles. The molecule has 0 saturated heterocycles. The number of nitrogens with zero attached hydrogens (tertiary/aromatic N) is 3. The van der Waals surface area contributed by atoms with E-state index in [-0.39, 0.29) is 17.5 Å². The van der Waals surface area contributed by atoms with E-state index < -0.39 is 17.0 Å². The number of carbonyl (C=O) groups excluding carboxylic acids is 1. The number of benzene rings is 2. The Morgan fingerprint density at radius 3 is 2.59 bits per heavy atom. The van der Waals surface area contributed by atoms with Gasteiger partial charge in [0.2, 0.25) is 5.89 Å². The molecule has 0 N–H and O–H groups in total. The fraction of sp³-hybridized carbons (Fsp3) is 0.150. The number of esters is 1. The first-order valence-corrected chi connectivity index (χ1v) is 8.58. The number of nitro groups is 1. The van der Waals surface area contributed by atoms with Crippen molar-refractivity contribution in [1.29, 1.82) is 0 Å². The van der Waals surface area contributed by atoms with Gasteiger partial charge < -0.3 is 13.9 Å². The van der Waals surface area contributed by atoms with E-state index in [9.17, 15) is 14.9 Å². The number of hydrogen-bond acceptors (Lipinski definition) is 8. The first kappa shape index (κ1) is 19.7. The molecular formula is C20H17N3O6. The van der Waals surface area contributed by atoms with Crippen LogP contribution in [0.2, 0.25) is 0 Å². The van der Waals surface area contributed by atoms with Gasteiger partial charge >= 0.3 is 5.97 Å². The summed E-state index contributed by atoms with van der Waals surface area (Å²) in [6, 6.07) is 12.9. The molecule has 3 aromatic rings. The minimum Gasteiger partial charge on any atom is -0.496 e. The Morgan fingerprint density at radius 2 is 1.90 bits per heavy atom. The van der Waals surface area contributed by atoms with E-state index in [4.69, 9.17) is 13.9 Å². The Hall–Kier alpha value is -4.01. The molecule has 1 atom stereocenters. The number of non-ortho nitro benzene ring substituents is 1. The van der Waals surface area contributed by atoms with Crippen LogP contribution in [0, 0.1) is 10.1 Å². The molecule has 0 aliphatic carbocycles. The molecule has 0 amide bonds. The second-order valence-corrected chi connectivity index (χ2v) is 5.90. The van der Waals surface area contributed by atoms with E-state index in [0.29, 0.717) is 11.3 Å². The van der Waals surface area contributed by atoms with Gasteiger partial charge in [0.1, 0.15) is 5.75 Å². The molecule has 148 valence electrons. The quantitative estimate of drug-likeness (QED) is 0.255. The molecular weight excluding hydrogens is 378 g/mol. The fourth-order valence-electron chi connectivity index (χ4n) is 2.47. The Morgan fingerprint density at radius 1 is 1.17 bits per heavy atom. The maximum absolute atomic E-state index is 12.1. The van der Waals surface area contributed by atoms with Crippen molar-refractivity contribution in [3.63, 3.8) is 0 Å². The molecule has 0 radical (unpaired) electrons. The van der Waals surface area contributed by atoms with Crippen LogP contribution < -0.4 is 4.74 Å². The lowest BCUT2D eigenvalue weighted by atomic mass is 10.2. The number of hydrogen-bond donors (Lipinski definition) is 0. The van der Waals surface area contributed by atoms with Crippen molar-refractivity contribution in [2.45, 2.75) is 13.0 Å². The molecule has 0 aliphatic rings. The van der Waals surface area contributed by atoms with Gasteiger partial charge in [-0.1, -0.05) is 18.2 Å². The maximum atomic E-state index is 12.1. The molecule has 0 unspecified atom stereocenters. The van der Waals surface area contributed by atoms with E-state index in [1.807, 2.05) is 12.1 Å². The highest BCUT2D eigenvalue weighted by Crippen LogP contribution is 2.24. The first-order chi connectivity index (χ1) is 14.0. The summed E-state index contributed by atoms with van der Waals surface area (Å²) >= 11 is 0. The first-order valence-electron chi connectivity index (χ1n) is 8.58. The van der Waals surface area contributed by atoms with Crippen molar-refractivity contribution in [2.24, 2.45) is 0 Å². The van der Waals surface area contributed by atoms with Gasteiger partial charge in [0, 0.05) is 29.3 Å². The molecule has 0 bridgehead atoms. The molecule has 0 aliphatic heterocycles. The number of ether oxygens (including phenoxy) is 2.